The van der Waals surface area contributed by atoms with Crippen LogP contribution >= 0.6 is 0 Å². The zero-order valence-corrected chi connectivity index (χ0v) is 14.3. The highest BCUT2D eigenvalue weighted by molar-refractivity contribution is 5.91. The number of fused-ring (bicyclic) bond motifs is 1. The Morgan fingerprint density at radius 3 is 2.61 bits per heavy atom. The van der Waals surface area contributed by atoms with Gasteiger partial charge in [-0.2, -0.15) is 0 Å². The van der Waals surface area contributed by atoms with Crippen LogP contribution in [-0.4, -0.2) is 30.3 Å². The zero-order chi connectivity index (χ0) is 17.0. The Labute approximate surface area is 137 Å². The standard InChI is InChI=1S/C18H25NO4/c1-5-22-16(20)12-14-11-10-13-8-6-7-9-15(13)19(14)17(21)23-18(2,3)4/h6-9,14H,5,10-12H2,1-4H3. The molecular formula is C18H25NO4. The van der Waals surface area contributed by atoms with Gasteiger partial charge >= 0.3 is 12.1 Å². The van der Waals surface area contributed by atoms with Crippen LogP contribution in [0.1, 0.15) is 46.1 Å². The van der Waals surface area contributed by atoms with Crippen LogP contribution in [0.25, 0.3) is 0 Å². The SMILES string of the molecule is CCOC(=O)CC1CCc2ccccc2N1C(=O)OC(C)(C)C. The average Bonchev–Trinajstić information content (AvgIpc) is 2.45. The summed E-state index contributed by atoms with van der Waals surface area (Å²) in [5.41, 5.74) is 1.33. The lowest BCUT2D eigenvalue weighted by atomic mass is 9.94. The van der Waals surface area contributed by atoms with Crippen molar-refractivity contribution in [1.29, 1.82) is 0 Å². The Kier molecular flexibility index (Phi) is 5.29. The molecule has 0 aliphatic carbocycles. The monoisotopic (exact) mass is 319 g/mol. The lowest BCUT2D eigenvalue weighted by molar-refractivity contribution is -0.143. The molecule has 1 aromatic carbocycles. The summed E-state index contributed by atoms with van der Waals surface area (Å²) in [6.07, 6.45) is 1.31. The van der Waals surface area contributed by atoms with Crippen molar-refractivity contribution in [3.63, 3.8) is 0 Å². The Morgan fingerprint density at radius 2 is 1.96 bits per heavy atom. The summed E-state index contributed by atoms with van der Waals surface area (Å²) in [6, 6.07) is 7.52. The molecule has 1 aromatic rings. The third-order valence-electron chi connectivity index (χ3n) is 3.66. The van der Waals surface area contributed by atoms with Crippen LogP contribution in [0.5, 0.6) is 0 Å². The van der Waals surface area contributed by atoms with E-state index in [9.17, 15) is 9.59 Å². The number of esters is 1. The molecule has 1 atom stereocenters. The summed E-state index contributed by atoms with van der Waals surface area (Å²) < 4.78 is 10.6. The molecule has 126 valence electrons. The number of anilines is 1. The summed E-state index contributed by atoms with van der Waals surface area (Å²) in [7, 11) is 0. The second-order valence-electron chi connectivity index (χ2n) is 6.68. The molecule has 0 saturated heterocycles. The van der Waals surface area contributed by atoms with Crippen molar-refractivity contribution in [2.24, 2.45) is 0 Å². The quantitative estimate of drug-likeness (QED) is 0.797. The fraction of sp³-hybridized carbons (Fsp3) is 0.556. The first-order chi connectivity index (χ1) is 10.8. The highest BCUT2D eigenvalue weighted by Crippen LogP contribution is 2.33. The van der Waals surface area contributed by atoms with Crippen LogP contribution in [-0.2, 0) is 20.7 Å². The second-order valence-corrected chi connectivity index (χ2v) is 6.68. The highest BCUT2D eigenvalue weighted by atomic mass is 16.6. The molecule has 2 rings (SSSR count). The smallest absolute Gasteiger partial charge is 0.415 e. The van der Waals surface area contributed by atoms with E-state index < -0.39 is 11.7 Å². The summed E-state index contributed by atoms with van der Waals surface area (Å²) in [5.74, 6) is -0.287. The van der Waals surface area contributed by atoms with Gasteiger partial charge in [-0.25, -0.2) is 4.79 Å². The van der Waals surface area contributed by atoms with Crippen molar-refractivity contribution in [2.45, 2.75) is 58.6 Å². The zero-order valence-electron chi connectivity index (χ0n) is 14.3. The van der Waals surface area contributed by atoms with E-state index in [1.807, 2.05) is 45.0 Å². The maximum absolute atomic E-state index is 12.7. The Bertz CT molecular complexity index is 577. The van der Waals surface area contributed by atoms with E-state index in [4.69, 9.17) is 9.47 Å². The van der Waals surface area contributed by atoms with E-state index in [-0.39, 0.29) is 18.4 Å². The van der Waals surface area contributed by atoms with Gasteiger partial charge in [-0.1, -0.05) is 18.2 Å². The minimum atomic E-state index is -0.585. The minimum Gasteiger partial charge on any atom is -0.466 e. The number of carbonyl (C=O) groups excluding carboxylic acids is 2. The molecule has 1 amide bonds. The lowest BCUT2D eigenvalue weighted by Crippen LogP contribution is -2.47. The molecule has 1 heterocycles. The number of amides is 1. The van der Waals surface area contributed by atoms with E-state index in [2.05, 4.69) is 0 Å². The van der Waals surface area contributed by atoms with Crippen LogP contribution in [0.2, 0.25) is 0 Å². The number of aryl methyl sites for hydroxylation is 1. The van der Waals surface area contributed by atoms with E-state index in [1.54, 1.807) is 11.8 Å². The predicted octanol–water partition coefficient (Wildman–Crippen LogP) is 3.70. The van der Waals surface area contributed by atoms with Gasteiger partial charge in [0.05, 0.1) is 24.8 Å². The van der Waals surface area contributed by atoms with Gasteiger partial charge in [0.25, 0.3) is 0 Å². The third-order valence-corrected chi connectivity index (χ3v) is 3.66. The molecule has 5 heteroatoms. The maximum atomic E-state index is 12.7. The number of carbonyl (C=O) groups is 2. The van der Waals surface area contributed by atoms with Crippen LogP contribution in [0, 0.1) is 0 Å². The number of rotatable bonds is 3. The Balaban J connectivity index is 2.28. The first-order valence-corrected chi connectivity index (χ1v) is 8.07. The van der Waals surface area contributed by atoms with Gasteiger partial charge in [0.15, 0.2) is 0 Å². The molecule has 1 aliphatic heterocycles. The van der Waals surface area contributed by atoms with Gasteiger partial charge in [0, 0.05) is 0 Å². The van der Waals surface area contributed by atoms with Crippen LogP contribution in [0.4, 0.5) is 10.5 Å². The first-order valence-electron chi connectivity index (χ1n) is 8.07. The number of hydrogen-bond donors (Lipinski definition) is 0. The summed E-state index contributed by atoms with van der Waals surface area (Å²) in [4.78, 5) is 26.2. The number of hydrogen-bond acceptors (Lipinski definition) is 4. The van der Waals surface area contributed by atoms with Crippen molar-refractivity contribution in [3.8, 4) is 0 Å². The molecular weight excluding hydrogens is 294 g/mol. The molecule has 1 aliphatic rings. The third kappa shape index (κ3) is 4.47. The molecule has 1 unspecified atom stereocenters. The summed E-state index contributed by atoms with van der Waals surface area (Å²) in [6.45, 7) is 7.62. The topological polar surface area (TPSA) is 55.8 Å². The van der Waals surface area contributed by atoms with Crippen molar-refractivity contribution in [1.82, 2.24) is 0 Å². The Morgan fingerprint density at radius 1 is 1.26 bits per heavy atom. The Hall–Kier alpha value is -2.04. The number of ether oxygens (including phenoxy) is 2. The highest BCUT2D eigenvalue weighted by Gasteiger charge is 2.35. The average molecular weight is 319 g/mol. The second kappa shape index (κ2) is 7.02. The molecule has 23 heavy (non-hydrogen) atoms. The van der Waals surface area contributed by atoms with Gasteiger partial charge in [0.1, 0.15) is 5.60 Å². The lowest BCUT2D eigenvalue weighted by Gasteiger charge is -2.37. The van der Waals surface area contributed by atoms with Gasteiger partial charge in [-0.15, -0.1) is 0 Å². The van der Waals surface area contributed by atoms with Crippen LogP contribution in [0.15, 0.2) is 24.3 Å². The van der Waals surface area contributed by atoms with Crippen LogP contribution < -0.4 is 4.90 Å². The molecule has 0 radical (unpaired) electrons. The predicted molar refractivity (Wildman–Crippen MR) is 88.5 cm³/mol. The van der Waals surface area contributed by atoms with E-state index in [1.165, 1.54) is 0 Å². The summed E-state index contributed by atoms with van der Waals surface area (Å²) in [5, 5.41) is 0. The minimum absolute atomic E-state index is 0.182. The van der Waals surface area contributed by atoms with Crippen LogP contribution in [0.3, 0.4) is 0 Å². The fourth-order valence-electron chi connectivity index (χ4n) is 2.77. The molecule has 0 saturated carbocycles. The van der Waals surface area contributed by atoms with Gasteiger partial charge in [0.2, 0.25) is 0 Å². The first kappa shape index (κ1) is 17.3. The normalized spacial score (nSPS) is 17.4. The fourth-order valence-corrected chi connectivity index (χ4v) is 2.77. The molecule has 0 bridgehead atoms. The summed E-state index contributed by atoms with van der Waals surface area (Å²) >= 11 is 0. The van der Waals surface area contributed by atoms with Crippen molar-refractivity contribution in [3.05, 3.63) is 29.8 Å². The maximum Gasteiger partial charge on any atom is 0.415 e. The van der Waals surface area contributed by atoms with E-state index in [0.29, 0.717) is 6.61 Å². The van der Waals surface area contributed by atoms with Crippen molar-refractivity contribution in [2.75, 3.05) is 11.5 Å². The largest absolute Gasteiger partial charge is 0.466 e. The van der Waals surface area contributed by atoms with E-state index in [0.717, 1.165) is 24.1 Å². The molecule has 5 nitrogen and oxygen atoms in total. The van der Waals surface area contributed by atoms with Crippen molar-refractivity contribution >= 4 is 17.7 Å². The molecule has 0 aromatic heterocycles. The van der Waals surface area contributed by atoms with Crippen molar-refractivity contribution < 1.29 is 19.1 Å². The van der Waals surface area contributed by atoms with Gasteiger partial charge in [-0.05, 0) is 52.2 Å². The molecule has 0 fully saturated rings. The molecule has 0 N–H and O–H groups in total. The number of para-hydroxylation sites is 1. The van der Waals surface area contributed by atoms with Gasteiger partial charge < -0.3 is 9.47 Å². The molecule has 0 spiro atoms. The number of nitrogens with zero attached hydrogens (tertiary/aromatic N) is 1. The van der Waals surface area contributed by atoms with Gasteiger partial charge in [-0.3, -0.25) is 9.69 Å². The van der Waals surface area contributed by atoms with E-state index >= 15 is 0 Å². The number of benzene rings is 1.